The van der Waals surface area contributed by atoms with Crippen LogP contribution in [-0.4, -0.2) is 25.0 Å². The van der Waals surface area contributed by atoms with Crippen LogP contribution in [0.2, 0.25) is 0 Å². The fourth-order valence-electron chi connectivity index (χ4n) is 3.86. The molecule has 0 heterocycles. The van der Waals surface area contributed by atoms with Crippen LogP contribution < -0.4 is 0 Å². The Morgan fingerprint density at radius 3 is 2.29 bits per heavy atom. The third-order valence-electron chi connectivity index (χ3n) is 4.75. The standard InChI is InChI=1S/C15H21N.ClH/c1-11-4-6-12(7-5-11)15-10-13(15)8-9-14(15)16(2)3;/h4-7,13-14H,8-10H2,1-3H3;1H. The zero-order chi connectivity index (χ0) is 11.3. The first kappa shape index (κ1) is 12.9. The maximum atomic E-state index is 2.44. The van der Waals surface area contributed by atoms with Crippen molar-refractivity contribution in [3.05, 3.63) is 35.4 Å². The third kappa shape index (κ3) is 1.80. The number of nitrogens with zero attached hydrogens (tertiary/aromatic N) is 1. The van der Waals surface area contributed by atoms with Gasteiger partial charge in [-0.05, 0) is 51.8 Å². The topological polar surface area (TPSA) is 3.24 Å². The fraction of sp³-hybridized carbons (Fsp3) is 0.600. The molecule has 2 saturated carbocycles. The van der Waals surface area contributed by atoms with Crippen molar-refractivity contribution in [2.24, 2.45) is 5.92 Å². The van der Waals surface area contributed by atoms with Crippen LogP contribution in [-0.2, 0) is 5.41 Å². The lowest BCUT2D eigenvalue weighted by atomic mass is 9.88. The van der Waals surface area contributed by atoms with Crippen LogP contribution in [0.25, 0.3) is 0 Å². The molecule has 0 amide bonds. The molecule has 0 radical (unpaired) electrons. The maximum Gasteiger partial charge on any atom is 0.0189 e. The molecule has 0 N–H and O–H groups in total. The van der Waals surface area contributed by atoms with Crippen molar-refractivity contribution >= 4 is 12.4 Å². The predicted octanol–water partition coefficient (Wildman–Crippen LogP) is 3.40. The Kier molecular flexibility index (Phi) is 3.26. The van der Waals surface area contributed by atoms with E-state index in [1.807, 2.05) is 0 Å². The van der Waals surface area contributed by atoms with Crippen LogP contribution in [0, 0.1) is 12.8 Å². The number of halogens is 1. The summed E-state index contributed by atoms with van der Waals surface area (Å²) in [7, 11) is 4.47. The predicted molar refractivity (Wildman–Crippen MR) is 74.9 cm³/mol. The Hall–Kier alpha value is -0.530. The van der Waals surface area contributed by atoms with E-state index in [9.17, 15) is 0 Å². The molecule has 2 fully saturated rings. The average Bonchev–Trinajstić information content (AvgIpc) is 2.85. The maximum absolute atomic E-state index is 2.44. The van der Waals surface area contributed by atoms with Crippen LogP contribution in [0.1, 0.15) is 30.4 Å². The zero-order valence-electron chi connectivity index (χ0n) is 10.9. The lowest BCUT2D eigenvalue weighted by Gasteiger charge is -2.30. The number of hydrogen-bond donors (Lipinski definition) is 0. The highest BCUT2D eigenvalue weighted by atomic mass is 35.5. The van der Waals surface area contributed by atoms with E-state index in [0.29, 0.717) is 5.41 Å². The van der Waals surface area contributed by atoms with Gasteiger partial charge in [0.2, 0.25) is 0 Å². The summed E-state index contributed by atoms with van der Waals surface area (Å²) in [6.07, 6.45) is 4.22. The Labute approximate surface area is 111 Å². The molecule has 2 heteroatoms. The molecule has 17 heavy (non-hydrogen) atoms. The fourth-order valence-corrected chi connectivity index (χ4v) is 3.86. The van der Waals surface area contributed by atoms with E-state index in [2.05, 4.69) is 50.2 Å². The Morgan fingerprint density at radius 1 is 1.12 bits per heavy atom. The van der Waals surface area contributed by atoms with E-state index in [1.54, 1.807) is 5.56 Å². The van der Waals surface area contributed by atoms with Crippen LogP contribution in [0.3, 0.4) is 0 Å². The van der Waals surface area contributed by atoms with Gasteiger partial charge in [0.1, 0.15) is 0 Å². The summed E-state index contributed by atoms with van der Waals surface area (Å²) in [5.74, 6) is 0.961. The van der Waals surface area contributed by atoms with E-state index in [1.165, 1.54) is 24.8 Å². The second-order valence-electron chi connectivity index (χ2n) is 5.86. The van der Waals surface area contributed by atoms with Crippen LogP contribution in [0.4, 0.5) is 0 Å². The molecule has 2 aliphatic carbocycles. The summed E-state index contributed by atoms with van der Waals surface area (Å²) in [6, 6.07) is 10.0. The van der Waals surface area contributed by atoms with Crippen LogP contribution in [0.15, 0.2) is 24.3 Å². The zero-order valence-corrected chi connectivity index (χ0v) is 11.8. The summed E-state index contributed by atoms with van der Waals surface area (Å²) < 4.78 is 0. The smallest absolute Gasteiger partial charge is 0.0189 e. The van der Waals surface area contributed by atoms with Gasteiger partial charge in [-0.1, -0.05) is 29.8 Å². The second-order valence-corrected chi connectivity index (χ2v) is 5.86. The molecule has 1 nitrogen and oxygen atoms in total. The second kappa shape index (κ2) is 4.29. The molecule has 2 aliphatic rings. The minimum absolute atomic E-state index is 0. The highest BCUT2D eigenvalue weighted by Gasteiger charge is 2.63. The molecule has 0 saturated heterocycles. The largest absolute Gasteiger partial charge is 0.306 e. The third-order valence-corrected chi connectivity index (χ3v) is 4.75. The molecule has 1 aromatic rings. The van der Waals surface area contributed by atoms with Crippen LogP contribution >= 0.6 is 12.4 Å². The van der Waals surface area contributed by atoms with Gasteiger partial charge < -0.3 is 4.90 Å². The number of hydrogen-bond acceptors (Lipinski definition) is 1. The lowest BCUT2D eigenvalue weighted by Crippen LogP contribution is -2.37. The monoisotopic (exact) mass is 251 g/mol. The Morgan fingerprint density at radius 2 is 1.76 bits per heavy atom. The number of likely N-dealkylation sites (N-methyl/N-ethyl adjacent to an activating group) is 1. The SMILES string of the molecule is Cc1ccc(C23CC2CCC3N(C)C)cc1.Cl. The van der Waals surface area contributed by atoms with Crippen molar-refractivity contribution < 1.29 is 0 Å². The van der Waals surface area contributed by atoms with Crippen molar-refractivity contribution in [2.75, 3.05) is 14.1 Å². The average molecular weight is 252 g/mol. The first-order valence-electron chi connectivity index (χ1n) is 6.38. The molecule has 1 aromatic carbocycles. The van der Waals surface area contributed by atoms with E-state index in [0.717, 1.165) is 12.0 Å². The first-order valence-corrected chi connectivity index (χ1v) is 6.38. The molecule has 0 spiro atoms. The van der Waals surface area contributed by atoms with Gasteiger partial charge in [-0.2, -0.15) is 0 Å². The van der Waals surface area contributed by atoms with Gasteiger partial charge in [-0.25, -0.2) is 0 Å². The number of benzene rings is 1. The van der Waals surface area contributed by atoms with E-state index in [-0.39, 0.29) is 12.4 Å². The van der Waals surface area contributed by atoms with Crippen molar-refractivity contribution in [1.82, 2.24) is 4.90 Å². The summed E-state index contributed by atoms with van der Waals surface area (Å²) in [6.45, 7) is 2.17. The first-order chi connectivity index (χ1) is 7.64. The molecule has 94 valence electrons. The summed E-state index contributed by atoms with van der Waals surface area (Å²) in [5, 5.41) is 0. The lowest BCUT2D eigenvalue weighted by molar-refractivity contribution is 0.249. The van der Waals surface area contributed by atoms with E-state index >= 15 is 0 Å². The van der Waals surface area contributed by atoms with Gasteiger partial charge >= 0.3 is 0 Å². The molecule has 3 unspecified atom stereocenters. The van der Waals surface area contributed by atoms with E-state index < -0.39 is 0 Å². The molecular formula is C15H22ClN. The molecule has 0 bridgehead atoms. The molecule has 3 rings (SSSR count). The number of rotatable bonds is 2. The van der Waals surface area contributed by atoms with E-state index in [4.69, 9.17) is 0 Å². The van der Waals surface area contributed by atoms with Gasteiger partial charge in [-0.3, -0.25) is 0 Å². The van der Waals surface area contributed by atoms with Gasteiger partial charge in [-0.15, -0.1) is 12.4 Å². The molecule has 0 aromatic heterocycles. The van der Waals surface area contributed by atoms with Crippen molar-refractivity contribution in [2.45, 2.75) is 37.6 Å². The van der Waals surface area contributed by atoms with Crippen molar-refractivity contribution in [1.29, 1.82) is 0 Å². The Bertz CT molecular complexity index is 398. The minimum Gasteiger partial charge on any atom is -0.306 e. The quantitative estimate of drug-likeness (QED) is 0.779. The summed E-state index contributed by atoms with van der Waals surface area (Å²) in [4.78, 5) is 2.44. The molecule has 0 aliphatic heterocycles. The van der Waals surface area contributed by atoms with Gasteiger partial charge in [0.15, 0.2) is 0 Å². The molecular weight excluding hydrogens is 230 g/mol. The number of fused-ring (bicyclic) bond motifs is 1. The van der Waals surface area contributed by atoms with Crippen molar-refractivity contribution in [3.63, 3.8) is 0 Å². The highest BCUT2D eigenvalue weighted by Crippen LogP contribution is 2.65. The minimum atomic E-state index is 0. The summed E-state index contributed by atoms with van der Waals surface area (Å²) in [5.41, 5.74) is 3.47. The number of aryl methyl sites for hydroxylation is 1. The normalized spacial score (nSPS) is 34.4. The highest BCUT2D eigenvalue weighted by molar-refractivity contribution is 5.85. The summed E-state index contributed by atoms with van der Waals surface area (Å²) >= 11 is 0. The van der Waals surface area contributed by atoms with Gasteiger partial charge in [0.25, 0.3) is 0 Å². The van der Waals surface area contributed by atoms with Crippen LogP contribution in [0.5, 0.6) is 0 Å². The molecule has 3 atom stereocenters. The van der Waals surface area contributed by atoms with Crippen molar-refractivity contribution in [3.8, 4) is 0 Å². The van der Waals surface area contributed by atoms with Gasteiger partial charge in [0, 0.05) is 11.5 Å². The van der Waals surface area contributed by atoms with Gasteiger partial charge in [0.05, 0.1) is 0 Å². The Balaban J connectivity index is 0.00000108.